The number of aryl methyl sites for hydroxylation is 1. The van der Waals surface area contributed by atoms with Crippen LogP contribution in [0.1, 0.15) is 28.9 Å². The second-order valence-electron chi connectivity index (χ2n) is 7.02. The number of alkyl halides is 2. The van der Waals surface area contributed by atoms with Crippen LogP contribution in [0.3, 0.4) is 0 Å². The lowest BCUT2D eigenvalue weighted by Crippen LogP contribution is -2.48. The van der Waals surface area contributed by atoms with Crippen LogP contribution < -0.4 is 15.0 Å². The van der Waals surface area contributed by atoms with Gasteiger partial charge in [-0.2, -0.15) is 5.26 Å². The van der Waals surface area contributed by atoms with E-state index in [1.165, 1.54) is 35.0 Å². The first-order chi connectivity index (χ1) is 15.5. The van der Waals surface area contributed by atoms with E-state index in [2.05, 4.69) is 25.8 Å². The highest BCUT2D eigenvalue weighted by Gasteiger charge is 2.20. The molecule has 0 radical (unpaired) electrons. The highest BCUT2D eigenvalue weighted by molar-refractivity contribution is 5.82. The molecule has 0 bridgehead atoms. The van der Waals surface area contributed by atoms with Crippen LogP contribution in [-0.4, -0.2) is 50.7 Å². The maximum atomic E-state index is 12.8. The number of nitrogens with one attached hydrogen (secondary N) is 1. The maximum absolute atomic E-state index is 12.8. The SMILES string of the molecule is Cc1nnn(-c2ccc(C(F)F)cc2)c1COc1nnc(N2CCNC(=O)C2)cc1C#N. The third-order valence-electron chi connectivity index (χ3n) is 4.92. The second kappa shape index (κ2) is 8.93. The van der Waals surface area contributed by atoms with Gasteiger partial charge < -0.3 is 15.0 Å². The van der Waals surface area contributed by atoms with Gasteiger partial charge in [-0.1, -0.05) is 17.3 Å². The van der Waals surface area contributed by atoms with E-state index in [1.54, 1.807) is 11.8 Å². The van der Waals surface area contributed by atoms with Crippen LogP contribution in [0.5, 0.6) is 5.88 Å². The molecule has 1 N–H and O–H groups in total. The number of anilines is 1. The number of nitriles is 1. The summed E-state index contributed by atoms with van der Waals surface area (Å²) in [4.78, 5) is 13.3. The van der Waals surface area contributed by atoms with Crippen molar-refractivity contribution >= 4 is 11.7 Å². The monoisotopic (exact) mass is 440 g/mol. The Morgan fingerprint density at radius 2 is 2.03 bits per heavy atom. The number of piperazine rings is 1. The predicted octanol–water partition coefficient (Wildman–Crippen LogP) is 1.69. The standard InChI is InChI=1S/C20H18F2N8O2/c1-12-16(30(28-25-12)15-4-2-13(3-5-15)19(21)22)11-32-20-14(9-23)8-17(26-27-20)29-7-6-24-18(31)10-29/h2-5,8,19H,6-7,10-11H2,1H3,(H,24,31). The van der Waals surface area contributed by atoms with Gasteiger partial charge in [0, 0.05) is 24.7 Å². The average Bonchev–Trinajstić information content (AvgIpc) is 3.17. The Labute approximate surface area is 181 Å². The minimum absolute atomic E-state index is 0.0236. The number of rotatable bonds is 6. The molecule has 10 nitrogen and oxygen atoms in total. The first-order valence-corrected chi connectivity index (χ1v) is 9.68. The van der Waals surface area contributed by atoms with Gasteiger partial charge in [0.15, 0.2) is 5.82 Å². The molecule has 1 fully saturated rings. The molecule has 1 aliphatic rings. The number of carbonyl (C=O) groups is 1. The van der Waals surface area contributed by atoms with Crippen molar-refractivity contribution in [1.82, 2.24) is 30.5 Å². The number of nitrogens with zero attached hydrogens (tertiary/aromatic N) is 7. The number of ether oxygens (including phenoxy) is 1. The van der Waals surface area contributed by atoms with Crippen molar-refractivity contribution in [1.29, 1.82) is 5.26 Å². The molecule has 1 amide bonds. The molecule has 3 aromatic rings. The second-order valence-corrected chi connectivity index (χ2v) is 7.02. The first kappa shape index (κ1) is 21.1. The summed E-state index contributed by atoms with van der Waals surface area (Å²) >= 11 is 0. The van der Waals surface area contributed by atoms with Gasteiger partial charge in [-0.15, -0.1) is 15.3 Å². The normalized spacial score (nSPS) is 13.7. The number of amides is 1. The molecular weight excluding hydrogens is 422 g/mol. The zero-order valence-corrected chi connectivity index (χ0v) is 17.0. The van der Waals surface area contributed by atoms with Crippen LogP contribution in [-0.2, 0) is 11.4 Å². The number of aromatic nitrogens is 5. The number of benzene rings is 1. The number of hydrogen-bond acceptors (Lipinski definition) is 8. The molecule has 4 rings (SSSR count). The fourth-order valence-corrected chi connectivity index (χ4v) is 3.19. The molecule has 0 aliphatic carbocycles. The Hall–Kier alpha value is -4.14. The van der Waals surface area contributed by atoms with Crippen molar-refractivity contribution in [2.24, 2.45) is 0 Å². The summed E-state index contributed by atoms with van der Waals surface area (Å²) in [6.45, 7) is 2.88. The summed E-state index contributed by atoms with van der Waals surface area (Å²) in [5.41, 5.74) is 1.75. The van der Waals surface area contributed by atoms with E-state index in [4.69, 9.17) is 4.74 Å². The van der Waals surface area contributed by atoms with Crippen molar-refractivity contribution < 1.29 is 18.3 Å². The minimum atomic E-state index is -2.56. The summed E-state index contributed by atoms with van der Waals surface area (Å²) in [5, 5.41) is 28.4. The van der Waals surface area contributed by atoms with E-state index < -0.39 is 6.43 Å². The molecule has 0 unspecified atom stereocenters. The zero-order chi connectivity index (χ0) is 22.7. The Morgan fingerprint density at radius 3 is 2.72 bits per heavy atom. The largest absolute Gasteiger partial charge is 0.469 e. The highest BCUT2D eigenvalue weighted by atomic mass is 19.3. The summed E-state index contributed by atoms with van der Waals surface area (Å²) in [7, 11) is 0. The lowest BCUT2D eigenvalue weighted by atomic mass is 10.2. The van der Waals surface area contributed by atoms with Gasteiger partial charge in [-0.3, -0.25) is 4.79 Å². The Morgan fingerprint density at radius 1 is 1.25 bits per heavy atom. The van der Waals surface area contributed by atoms with Crippen LogP contribution in [0.25, 0.3) is 5.69 Å². The van der Waals surface area contributed by atoms with Crippen LogP contribution in [0.4, 0.5) is 14.6 Å². The van der Waals surface area contributed by atoms with Gasteiger partial charge in [0.2, 0.25) is 5.91 Å². The molecule has 3 heterocycles. The van der Waals surface area contributed by atoms with E-state index in [-0.39, 0.29) is 36.1 Å². The van der Waals surface area contributed by atoms with Gasteiger partial charge in [-0.25, -0.2) is 13.5 Å². The fourth-order valence-electron chi connectivity index (χ4n) is 3.19. The third kappa shape index (κ3) is 4.31. The lowest BCUT2D eigenvalue weighted by molar-refractivity contribution is -0.120. The number of carbonyl (C=O) groups excluding carboxylic acids is 1. The zero-order valence-electron chi connectivity index (χ0n) is 17.0. The van der Waals surface area contributed by atoms with Crippen molar-refractivity contribution in [2.45, 2.75) is 20.0 Å². The molecular formula is C20H18F2N8O2. The van der Waals surface area contributed by atoms with Crippen LogP contribution >= 0.6 is 0 Å². The molecule has 0 spiro atoms. The predicted molar refractivity (Wildman–Crippen MR) is 107 cm³/mol. The summed E-state index contributed by atoms with van der Waals surface area (Å²) < 4.78 is 32.8. The maximum Gasteiger partial charge on any atom is 0.263 e. The molecule has 1 aliphatic heterocycles. The van der Waals surface area contributed by atoms with Gasteiger partial charge in [0.05, 0.1) is 17.9 Å². The van der Waals surface area contributed by atoms with E-state index in [0.717, 1.165) is 0 Å². The highest BCUT2D eigenvalue weighted by Crippen LogP contribution is 2.23. The van der Waals surface area contributed by atoms with Crippen LogP contribution in [0, 0.1) is 18.3 Å². The van der Waals surface area contributed by atoms with Crippen molar-refractivity contribution in [2.75, 3.05) is 24.5 Å². The van der Waals surface area contributed by atoms with Crippen LogP contribution in [0.15, 0.2) is 30.3 Å². The first-order valence-electron chi connectivity index (χ1n) is 9.68. The Bertz CT molecular complexity index is 1170. The quantitative estimate of drug-likeness (QED) is 0.615. The van der Waals surface area contributed by atoms with E-state index in [0.29, 0.717) is 36.0 Å². The molecule has 12 heteroatoms. The smallest absolute Gasteiger partial charge is 0.263 e. The summed E-state index contributed by atoms with van der Waals surface area (Å²) in [6.07, 6.45) is -2.56. The van der Waals surface area contributed by atoms with E-state index >= 15 is 0 Å². The minimum Gasteiger partial charge on any atom is -0.469 e. The average molecular weight is 440 g/mol. The molecule has 1 saturated heterocycles. The van der Waals surface area contributed by atoms with E-state index in [9.17, 15) is 18.8 Å². The van der Waals surface area contributed by atoms with Crippen molar-refractivity contribution in [3.05, 3.63) is 52.8 Å². The lowest BCUT2D eigenvalue weighted by Gasteiger charge is -2.27. The molecule has 2 aromatic heterocycles. The molecule has 164 valence electrons. The van der Waals surface area contributed by atoms with Crippen molar-refractivity contribution in [3.63, 3.8) is 0 Å². The van der Waals surface area contributed by atoms with Gasteiger partial charge >= 0.3 is 0 Å². The number of hydrogen-bond donors (Lipinski definition) is 1. The summed E-state index contributed by atoms with van der Waals surface area (Å²) in [6, 6.07) is 9.22. The molecule has 0 saturated carbocycles. The fraction of sp³-hybridized carbons (Fsp3) is 0.300. The van der Waals surface area contributed by atoms with Gasteiger partial charge in [0.25, 0.3) is 12.3 Å². The van der Waals surface area contributed by atoms with Crippen molar-refractivity contribution in [3.8, 4) is 17.6 Å². The molecule has 1 aromatic carbocycles. The summed E-state index contributed by atoms with van der Waals surface area (Å²) in [5.74, 6) is 0.304. The Balaban J connectivity index is 1.53. The number of halogens is 2. The third-order valence-corrected chi connectivity index (χ3v) is 4.92. The Kier molecular flexibility index (Phi) is 5.89. The topological polar surface area (TPSA) is 122 Å². The van der Waals surface area contributed by atoms with E-state index in [1.807, 2.05) is 6.07 Å². The van der Waals surface area contributed by atoms with Crippen LogP contribution in [0.2, 0.25) is 0 Å². The molecule has 0 atom stereocenters. The van der Waals surface area contributed by atoms with Gasteiger partial charge in [-0.05, 0) is 19.1 Å². The van der Waals surface area contributed by atoms with Gasteiger partial charge in [0.1, 0.15) is 23.9 Å². The molecule has 32 heavy (non-hydrogen) atoms.